The number of halogens is 2. The van der Waals surface area contributed by atoms with Gasteiger partial charge in [0.2, 0.25) is 0 Å². The van der Waals surface area contributed by atoms with Gasteiger partial charge in [0.05, 0.1) is 47.2 Å². The zero-order valence-corrected chi connectivity index (χ0v) is 19.9. The van der Waals surface area contributed by atoms with Crippen molar-refractivity contribution in [1.29, 1.82) is 5.26 Å². The van der Waals surface area contributed by atoms with E-state index in [0.29, 0.717) is 17.6 Å². The molecule has 11 heteroatoms. The number of aryl methyl sites for hydroxylation is 1. The molecule has 6 rings (SSSR count). The maximum absolute atomic E-state index is 9.61. The number of nitrogens with zero attached hydrogens (tertiary/aromatic N) is 7. The minimum absolute atomic E-state index is 0.551. The minimum Gasteiger partial charge on any atom is -0.353 e. The van der Waals surface area contributed by atoms with E-state index in [4.69, 9.17) is 4.98 Å². The Bertz CT molecular complexity index is 1330. The molecular formula is C23H22Cl2N8O. The Morgan fingerprint density at radius 2 is 1.79 bits per heavy atom. The highest BCUT2D eigenvalue weighted by Gasteiger charge is 2.32. The van der Waals surface area contributed by atoms with Crippen LogP contribution in [0.1, 0.15) is 18.4 Å². The summed E-state index contributed by atoms with van der Waals surface area (Å²) in [6, 6.07) is 9.70. The third-order valence-electron chi connectivity index (χ3n) is 6.37. The summed E-state index contributed by atoms with van der Waals surface area (Å²) < 4.78 is 6.75. The minimum atomic E-state index is 0.551. The average Bonchev–Trinajstić information content (AvgIpc) is 3.57. The van der Waals surface area contributed by atoms with E-state index >= 15 is 0 Å². The Morgan fingerprint density at radius 3 is 2.41 bits per heavy atom. The first kappa shape index (κ1) is 22.6. The normalized spacial score (nSPS) is 19.1. The Morgan fingerprint density at radius 1 is 1.03 bits per heavy atom. The molecule has 2 fully saturated rings. The monoisotopic (exact) mass is 496 g/mol. The second-order valence-electron chi connectivity index (χ2n) is 8.51. The average molecular weight is 497 g/mol. The number of fused-ring (bicyclic) bond motifs is 3. The van der Waals surface area contributed by atoms with Gasteiger partial charge in [0, 0.05) is 73.1 Å². The van der Waals surface area contributed by atoms with Crippen molar-refractivity contribution in [2.75, 3.05) is 18.0 Å². The molecule has 0 spiro atoms. The maximum Gasteiger partial charge on any atom is 0.128 e. The summed E-state index contributed by atoms with van der Waals surface area (Å²) in [5, 5.41) is 22.0. The first-order valence-corrected chi connectivity index (χ1v) is 11.5. The number of hydrogen-bond donors (Lipinski definition) is 1. The van der Waals surface area contributed by atoms with Gasteiger partial charge in [-0.3, -0.25) is 4.68 Å². The van der Waals surface area contributed by atoms with Crippen LogP contribution in [0.3, 0.4) is 0 Å². The topological polar surface area (TPSA) is 96.3 Å². The number of nitriles is 1. The van der Waals surface area contributed by atoms with Gasteiger partial charge in [0.15, 0.2) is 0 Å². The van der Waals surface area contributed by atoms with Gasteiger partial charge >= 0.3 is 0 Å². The molecule has 2 aliphatic heterocycles. The van der Waals surface area contributed by atoms with E-state index in [1.54, 1.807) is 15.4 Å². The summed E-state index contributed by atoms with van der Waals surface area (Å²) in [4.78, 5) is 7.18. The molecule has 174 valence electrons. The van der Waals surface area contributed by atoms with Gasteiger partial charge in [-0.1, -0.05) is 0 Å². The van der Waals surface area contributed by atoms with Crippen LogP contribution in [0, 0.1) is 11.3 Å². The summed E-state index contributed by atoms with van der Waals surface area (Å²) in [5.74, 6) is 1.01. The van der Waals surface area contributed by atoms with Crippen LogP contribution in [0.25, 0.3) is 27.8 Å². The van der Waals surface area contributed by atoms with E-state index < -0.39 is 0 Å². The van der Waals surface area contributed by atoms with Crippen LogP contribution in [0.2, 0.25) is 0 Å². The fourth-order valence-corrected chi connectivity index (χ4v) is 4.87. The molecule has 4 aromatic rings. The molecule has 0 radical (unpaired) electrons. The van der Waals surface area contributed by atoms with E-state index in [1.165, 1.54) is 12.8 Å². The van der Waals surface area contributed by atoms with Crippen molar-refractivity contribution in [2.24, 2.45) is 7.05 Å². The molecule has 0 aromatic carbocycles. The Balaban J connectivity index is 0.000000764. The van der Waals surface area contributed by atoms with E-state index in [2.05, 4.69) is 72.3 Å². The molecule has 2 aliphatic rings. The quantitative estimate of drug-likeness (QED) is 0.458. The molecule has 2 atom stereocenters. The predicted octanol–water partition coefficient (Wildman–Crippen LogP) is 3.92. The van der Waals surface area contributed by atoms with E-state index in [1.807, 2.05) is 31.8 Å². The van der Waals surface area contributed by atoms with Crippen molar-refractivity contribution in [3.63, 3.8) is 0 Å². The van der Waals surface area contributed by atoms with E-state index in [0.717, 1.165) is 46.7 Å². The summed E-state index contributed by atoms with van der Waals surface area (Å²) in [6.07, 6.45) is 11.8. The van der Waals surface area contributed by atoms with Crippen LogP contribution in [0.5, 0.6) is 0 Å². The van der Waals surface area contributed by atoms with Crippen LogP contribution < -0.4 is 10.2 Å². The summed E-state index contributed by atoms with van der Waals surface area (Å²) >= 11 is 8.53. The number of aromatic nitrogens is 5. The zero-order chi connectivity index (χ0) is 23.7. The lowest BCUT2D eigenvalue weighted by atomic mass is 10.0. The predicted molar refractivity (Wildman–Crippen MR) is 130 cm³/mol. The van der Waals surface area contributed by atoms with Gasteiger partial charge in [-0.25, -0.2) is 9.50 Å². The number of nitrogens with one attached hydrogen (secondary N) is 1. The number of rotatable bonds is 3. The van der Waals surface area contributed by atoms with Crippen molar-refractivity contribution in [1.82, 2.24) is 29.7 Å². The van der Waals surface area contributed by atoms with Crippen molar-refractivity contribution in [2.45, 2.75) is 24.9 Å². The van der Waals surface area contributed by atoms with Crippen molar-refractivity contribution in [3.05, 3.63) is 54.7 Å². The molecule has 2 unspecified atom stereocenters. The lowest BCUT2D eigenvalue weighted by Crippen LogP contribution is -2.51. The largest absolute Gasteiger partial charge is 0.353 e. The van der Waals surface area contributed by atoms with Gasteiger partial charge in [-0.2, -0.15) is 19.3 Å². The van der Waals surface area contributed by atoms with Gasteiger partial charge < -0.3 is 10.2 Å². The van der Waals surface area contributed by atoms with Crippen LogP contribution in [0.15, 0.2) is 49.2 Å². The van der Waals surface area contributed by atoms with Gasteiger partial charge in [0.1, 0.15) is 11.9 Å². The van der Waals surface area contributed by atoms with Crippen molar-refractivity contribution in [3.8, 4) is 28.3 Å². The fraction of sp³-hybridized carbons (Fsp3) is 0.304. The molecule has 0 saturated carbocycles. The number of piperazine rings is 1. The van der Waals surface area contributed by atoms with E-state index in [-0.39, 0.29) is 0 Å². The standard InChI is InChI=1S/C23H22N8.Cl2O/c1-29-11-18(10-26-29)16-6-21(23-17(7-24)9-27-31(23)12-16)15-2-5-22(25-8-15)30-13-19-3-4-20(14-30)28-19;1-3-2/h2,5-6,8-12,19-20,28H,3-4,13-14H2,1H3;. The highest BCUT2D eigenvalue weighted by atomic mass is 35.6. The molecule has 1 N–H and O–H groups in total. The molecular weight excluding hydrogens is 475 g/mol. The second kappa shape index (κ2) is 9.60. The van der Waals surface area contributed by atoms with Crippen LogP contribution in [-0.4, -0.2) is 49.6 Å². The molecule has 6 heterocycles. The van der Waals surface area contributed by atoms with Gasteiger partial charge in [0.25, 0.3) is 0 Å². The number of pyridine rings is 2. The second-order valence-corrected chi connectivity index (χ2v) is 8.98. The first-order chi connectivity index (χ1) is 16.6. The third kappa shape index (κ3) is 4.33. The van der Waals surface area contributed by atoms with Gasteiger partial charge in [-0.05, 0) is 31.0 Å². The zero-order valence-electron chi connectivity index (χ0n) is 18.4. The number of anilines is 1. The SMILES string of the molecule is ClOCl.Cn1cc(-c2cc(-c3ccc(N4CC5CCC(C4)N5)nc3)c3c(C#N)cnn3c2)cn1. The Kier molecular flexibility index (Phi) is 6.39. The smallest absolute Gasteiger partial charge is 0.128 e. The third-order valence-corrected chi connectivity index (χ3v) is 6.37. The highest BCUT2D eigenvalue weighted by molar-refractivity contribution is 6.24. The summed E-state index contributed by atoms with van der Waals surface area (Å²) in [5.41, 5.74) is 5.25. The van der Waals surface area contributed by atoms with Crippen molar-refractivity contribution >= 4 is 35.1 Å². The van der Waals surface area contributed by atoms with Crippen LogP contribution in [-0.2, 0) is 10.9 Å². The Hall–Kier alpha value is -3.16. The van der Waals surface area contributed by atoms with E-state index in [9.17, 15) is 5.26 Å². The maximum atomic E-state index is 9.61. The Labute approximate surface area is 206 Å². The summed E-state index contributed by atoms with van der Waals surface area (Å²) in [6.45, 7) is 2.01. The lowest BCUT2D eigenvalue weighted by molar-refractivity contribution is 0.463. The first-order valence-electron chi connectivity index (χ1n) is 10.9. The molecule has 2 bridgehead atoms. The van der Waals surface area contributed by atoms with Crippen LogP contribution >= 0.6 is 23.7 Å². The highest BCUT2D eigenvalue weighted by Crippen LogP contribution is 2.32. The molecule has 0 aliphatic carbocycles. The molecule has 4 aromatic heterocycles. The van der Waals surface area contributed by atoms with Crippen LogP contribution in [0.4, 0.5) is 5.82 Å². The molecule has 9 nitrogen and oxygen atoms in total. The van der Waals surface area contributed by atoms with Gasteiger partial charge in [-0.15, -0.1) is 0 Å². The fourth-order valence-electron chi connectivity index (χ4n) is 4.87. The van der Waals surface area contributed by atoms with Crippen molar-refractivity contribution < 1.29 is 3.84 Å². The molecule has 34 heavy (non-hydrogen) atoms. The number of hydrogen-bond acceptors (Lipinski definition) is 7. The lowest BCUT2D eigenvalue weighted by Gasteiger charge is -2.33. The summed E-state index contributed by atoms with van der Waals surface area (Å²) in [7, 11) is 1.90. The molecule has 0 amide bonds. The molecule has 2 saturated heterocycles.